The predicted octanol–water partition coefficient (Wildman–Crippen LogP) is 6.49. The number of likely N-dealkylation sites (tertiary alicyclic amines) is 1. The van der Waals surface area contributed by atoms with Crippen molar-refractivity contribution in [3.63, 3.8) is 0 Å². The lowest BCUT2D eigenvalue weighted by atomic mass is 9.80. The van der Waals surface area contributed by atoms with Gasteiger partial charge in [-0.2, -0.15) is 0 Å². The highest BCUT2D eigenvalue weighted by Gasteiger charge is 2.49. The third-order valence-corrected chi connectivity index (χ3v) is 8.44. The molecule has 2 heterocycles. The van der Waals surface area contributed by atoms with Crippen LogP contribution in [-0.2, 0) is 0 Å². The molecule has 1 spiro atoms. The van der Waals surface area contributed by atoms with E-state index in [2.05, 4.69) is 46.5 Å². The zero-order chi connectivity index (χ0) is 27.0. The molecule has 2 aromatic carbocycles. The van der Waals surface area contributed by atoms with E-state index in [9.17, 15) is 8.78 Å². The normalized spacial score (nSPS) is 20.6. The van der Waals surface area contributed by atoms with Crippen molar-refractivity contribution < 1.29 is 8.78 Å². The van der Waals surface area contributed by atoms with E-state index in [0.29, 0.717) is 6.04 Å². The van der Waals surface area contributed by atoms with Gasteiger partial charge in [-0.15, -0.1) is 6.58 Å². The number of nitrogens with one attached hydrogen (secondary N) is 1. The molecule has 2 atom stereocenters. The maximum atomic E-state index is 13.6. The van der Waals surface area contributed by atoms with Crippen LogP contribution in [-0.4, -0.2) is 53.7 Å². The summed E-state index contributed by atoms with van der Waals surface area (Å²) in [5.74, 6) is 6.39. The second kappa shape index (κ2) is 13.3. The van der Waals surface area contributed by atoms with Gasteiger partial charge in [0, 0.05) is 23.9 Å². The van der Waals surface area contributed by atoms with Crippen molar-refractivity contribution in [1.29, 1.82) is 0 Å². The van der Waals surface area contributed by atoms with Crippen LogP contribution in [0.3, 0.4) is 0 Å². The molecule has 0 saturated carbocycles. The summed E-state index contributed by atoms with van der Waals surface area (Å²) in [6.45, 7) is 12.4. The van der Waals surface area contributed by atoms with Crippen molar-refractivity contribution in [2.75, 3.05) is 26.3 Å². The van der Waals surface area contributed by atoms with Crippen LogP contribution in [0.1, 0.15) is 63.0 Å². The first kappa shape index (κ1) is 28.2. The molecule has 0 aliphatic carbocycles. The number of hydrogen-bond acceptors (Lipinski definition) is 3. The van der Waals surface area contributed by atoms with Gasteiger partial charge in [0.15, 0.2) is 0 Å². The second-order valence-corrected chi connectivity index (χ2v) is 10.6. The van der Waals surface area contributed by atoms with Crippen LogP contribution in [0.5, 0.6) is 0 Å². The summed E-state index contributed by atoms with van der Waals surface area (Å²) < 4.78 is 27.1. The molecule has 0 bridgehead atoms. The Labute approximate surface area is 227 Å². The van der Waals surface area contributed by atoms with Crippen molar-refractivity contribution in [2.24, 2.45) is 0 Å². The maximum Gasteiger partial charge on any atom is 0.123 e. The topological polar surface area (TPSA) is 18.5 Å². The SMILES string of the molecule is C=CC(C#CC/C=C\C)N1CNC(C)C12CCN(CCCC(c1ccc(F)cc1)c1ccc(F)cc1)CC2. The minimum atomic E-state index is -0.235. The Bertz CT molecular complexity index is 1080. The number of benzene rings is 2. The van der Waals surface area contributed by atoms with Crippen LogP contribution < -0.4 is 5.32 Å². The summed E-state index contributed by atoms with van der Waals surface area (Å²) in [4.78, 5) is 5.10. The molecule has 1 N–H and O–H groups in total. The van der Waals surface area contributed by atoms with Crippen molar-refractivity contribution in [3.8, 4) is 11.8 Å². The van der Waals surface area contributed by atoms with E-state index in [1.54, 1.807) is 0 Å². The molecule has 38 heavy (non-hydrogen) atoms. The molecule has 0 radical (unpaired) electrons. The highest BCUT2D eigenvalue weighted by Crippen LogP contribution is 2.37. The molecule has 2 unspecified atom stereocenters. The highest BCUT2D eigenvalue weighted by atomic mass is 19.1. The predicted molar refractivity (Wildman–Crippen MR) is 153 cm³/mol. The number of nitrogens with zero attached hydrogens (tertiary/aromatic N) is 2. The van der Waals surface area contributed by atoms with Gasteiger partial charge in [-0.3, -0.25) is 10.2 Å². The number of rotatable bonds is 9. The molecular formula is C33H41F2N3. The number of allylic oxidation sites excluding steroid dienone is 2. The fourth-order valence-corrected chi connectivity index (χ4v) is 6.13. The van der Waals surface area contributed by atoms with Crippen LogP contribution >= 0.6 is 0 Å². The van der Waals surface area contributed by atoms with E-state index < -0.39 is 0 Å². The van der Waals surface area contributed by atoms with Crippen molar-refractivity contribution in [1.82, 2.24) is 15.1 Å². The number of hydrogen-bond donors (Lipinski definition) is 1. The molecule has 2 aliphatic rings. The highest BCUT2D eigenvalue weighted by molar-refractivity contribution is 5.32. The third kappa shape index (κ3) is 6.61. The quantitative estimate of drug-likeness (QED) is 0.303. The zero-order valence-electron chi connectivity index (χ0n) is 22.8. The Balaban J connectivity index is 1.37. The lowest BCUT2D eigenvalue weighted by molar-refractivity contribution is 0.0402. The number of halogens is 2. The van der Waals surface area contributed by atoms with Gasteiger partial charge in [0.05, 0.1) is 12.7 Å². The van der Waals surface area contributed by atoms with E-state index in [4.69, 9.17) is 0 Å². The average Bonchev–Trinajstić information content (AvgIpc) is 3.24. The average molecular weight is 518 g/mol. The van der Waals surface area contributed by atoms with E-state index in [1.165, 1.54) is 24.3 Å². The van der Waals surface area contributed by atoms with Gasteiger partial charge in [0.2, 0.25) is 0 Å². The van der Waals surface area contributed by atoms with Crippen LogP contribution in [0.15, 0.2) is 73.3 Å². The first-order chi connectivity index (χ1) is 18.5. The molecule has 4 rings (SSSR count). The molecule has 2 aromatic rings. The molecule has 2 fully saturated rings. The lowest BCUT2D eigenvalue weighted by Gasteiger charge is -2.48. The monoisotopic (exact) mass is 517 g/mol. The molecular weight excluding hydrogens is 476 g/mol. The first-order valence-electron chi connectivity index (χ1n) is 13.9. The van der Waals surface area contributed by atoms with Gasteiger partial charge in [-0.25, -0.2) is 8.78 Å². The van der Waals surface area contributed by atoms with Crippen molar-refractivity contribution in [3.05, 3.63) is 96.1 Å². The van der Waals surface area contributed by atoms with Gasteiger partial charge in [-0.05, 0) is 94.6 Å². The molecule has 2 saturated heterocycles. The van der Waals surface area contributed by atoms with Gasteiger partial charge in [-0.1, -0.05) is 54.3 Å². The Kier molecular flexibility index (Phi) is 9.91. The van der Waals surface area contributed by atoms with Gasteiger partial charge in [0.25, 0.3) is 0 Å². The molecule has 0 aromatic heterocycles. The summed E-state index contributed by atoms with van der Waals surface area (Å²) >= 11 is 0. The van der Waals surface area contributed by atoms with E-state index >= 15 is 0 Å². The smallest absolute Gasteiger partial charge is 0.123 e. The number of piperidine rings is 1. The standard InChI is InChI=1S/C33H41F2N3/c1-4-6-7-8-10-31(5-2)38-25-36-26(3)33(38)20-23-37(24-21-33)22-9-11-32(27-12-16-29(34)17-13-27)28-14-18-30(35)19-15-28/h4-6,12-19,26,31-32,36H,2,7,9,11,20-25H2,1,3H3/b6-4-. The Hall–Kier alpha value is -2.78. The summed E-state index contributed by atoms with van der Waals surface area (Å²) in [5, 5.41) is 3.69. The van der Waals surface area contributed by atoms with Gasteiger partial charge >= 0.3 is 0 Å². The summed E-state index contributed by atoms with van der Waals surface area (Å²) in [6.07, 6.45) is 11.0. The van der Waals surface area contributed by atoms with Gasteiger partial charge in [0.1, 0.15) is 11.6 Å². The second-order valence-electron chi connectivity index (χ2n) is 10.6. The Morgan fingerprint density at radius 2 is 1.66 bits per heavy atom. The minimum Gasteiger partial charge on any atom is -0.303 e. The first-order valence-corrected chi connectivity index (χ1v) is 13.9. The van der Waals surface area contributed by atoms with E-state index in [-0.39, 0.29) is 29.1 Å². The summed E-state index contributed by atoms with van der Waals surface area (Å²) in [6, 6.07) is 13.9. The molecule has 202 valence electrons. The molecule has 2 aliphatic heterocycles. The van der Waals surface area contributed by atoms with Crippen LogP contribution in [0.2, 0.25) is 0 Å². The van der Waals surface area contributed by atoms with E-state index in [0.717, 1.165) is 69.5 Å². The molecule has 0 amide bonds. The largest absolute Gasteiger partial charge is 0.303 e. The molecule has 5 heteroatoms. The zero-order valence-corrected chi connectivity index (χ0v) is 22.8. The summed E-state index contributed by atoms with van der Waals surface area (Å²) in [5.41, 5.74) is 2.24. The third-order valence-electron chi connectivity index (χ3n) is 8.44. The lowest BCUT2D eigenvalue weighted by Crippen LogP contribution is -2.59. The Morgan fingerprint density at radius 3 is 2.21 bits per heavy atom. The van der Waals surface area contributed by atoms with Crippen LogP contribution in [0.4, 0.5) is 8.78 Å². The summed E-state index contributed by atoms with van der Waals surface area (Å²) in [7, 11) is 0. The van der Waals surface area contributed by atoms with Crippen molar-refractivity contribution >= 4 is 0 Å². The maximum absolute atomic E-state index is 13.6. The van der Waals surface area contributed by atoms with Crippen molar-refractivity contribution in [2.45, 2.75) is 69.5 Å². The fourth-order valence-electron chi connectivity index (χ4n) is 6.13. The van der Waals surface area contributed by atoms with Crippen LogP contribution in [0.25, 0.3) is 0 Å². The van der Waals surface area contributed by atoms with E-state index in [1.807, 2.05) is 43.3 Å². The molecule has 3 nitrogen and oxygen atoms in total. The van der Waals surface area contributed by atoms with Gasteiger partial charge < -0.3 is 4.90 Å². The Morgan fingerprint density at radius 1 is 1.05 bits per heavy atom. The minimum absolute atomic E-state index is 0.0523. The van der Waals surface area contributed by atoms with Crippen LogP contribution in [0, 0.1) is 23.5 Å². The fraction of sp³-hybridized carbons (Fsp3) is 0.455.